The van der Waals surface area contributed by atoms with Crippen LogP contribution >= 0.6 is 0 Å². The van der Waals surface area contributed by atoms with Crippen LogP contribution in [-0.2, 0) is 9.59 Å². The molecule has 0 bridgehead atoms. The van der Waals surface area contributed by atoms with Crippen molar-refractivity contribution >= 4 is 17.5 Å². The fraction of sp³-hybridized carbons (Fsp3) is 0.304. The van der Waals surface area contributed by atoms with Crippen molar-refractivity contribution in [2.75, 3.05) is 18.5 Å². The van der Waals surface area contributed by atoms with Gasteiger partial charge in [0.2, 0.25) is 5.91 Å². The zero-order valence-corrected chi connectivity index (χ0v) is 17.2. The van der Waals surface area contributed by atoms with Crippen molar-refractivity contribution in [1.29, 1.82) is 0 Å². The van der Waals surface area contributed by atoms with Crippen LogP contribution in [0.3, 0.4) is 0 Å². The molecule has 7 heteroatoms. The molecule has 2 N–H and O–H groups in total. The van der Waals surface area contributed by atoms with Crippen molar-refractivity contribution in [3.05, 3.63) is 72.1 Å². The van der Waals surface area contributed by atoms with Crippen LogP contribution in [0.5, 0.6) is 5.75 Å². The number of amides is 2. The second-order valence-corrected chi connectivity index (χ2v) is 7.49. The molecule has 2 unspecified atom stereocenters. The van der Waals surface area contributed by atoms with Gasteiger partial charge in [-0.1, -0.05) is 42.0 Å². The Balaban J connectivity index is 1.39. The molecule has 156 valence electrons. The number of hydrazine groups is 1. The second kappa shape index (κ2) is 8.59. The molecule has 2 aliphatic rings. The van der Waals surface area contributed by atoms with Gasteiger partial charge in [-0.05, 0) is 38.0 Å². The highest BCUT2D eigenvalue weighted by Crippen LogP contribution is 2.31. The van der Waals surface area contributed by atoms with Crippen LogP contribution in [0, 0.1) is 6.92 Å². The molecule has 1 saturated heterocycles. The number of carbonyl (C=O) groups is 2. The molecule has 0 radical (unpaired) electrons. The van der Waals surface area contributed by atoms with Gasteiger partial charge < -0.3 is 20.0 Å². The number of benzene rings is 2. The molecule has 0 aliphatic carbocycles. The molecule has 30 heavy (non-hydrogen) atoms. The Bertz CT molecular complexity index is 957. The van der Waals surface area contributed by atoms with E-state index in [1.807, 2.05) is 30.3 Å². The molecule has 4 rings (SSSR count). The molecular weight excluding hydrogens is 380 g/mol. The summed E-state index contributed by atoms with van der Waals surface area (Å²) in [6.45, 7) is 4.40. The Morgan fingerprint density at radius 3 is 2.70 bits per heavy atom. The van der Waals surface area contributed by atoms with E-state index >= 15 is 0 Å². The van der Waals surface area contributed by atoms with E-state index in [4.69, 9.17) is 4.74 Å². The number of nitrogens with one attached hydrogen (secondary N) is 2. The molecule has 2 aromatic rings. The molecule has 2 heterocycles. The Morgan fingerprint density at radius 1 is 1.17 bits per heavy atom. The van der Waals surface area contributed by atoms with Crippen molar-refractivity contribution in [3.8, 4) is 5.75 Å². The fourth-order valence-corrected chi connectivity index (χ4v) is 3.78. The lowest BCUT2D eigenvalue weighted by atomic mass is 10.00. The molecule has 1 fully saturated rings. The zero-order chi connectivity index (χ0) is 21.1. The van der Waals surface area contributed by atoms with Gasteiger partial charge in [0.15, 0.2) is 0 Å². The molecule has 2 aromatic carbocycles. The number of nitrogens with zero attached hydrogens (tertiary/aromatic N) is 2. The third kappa shape index (κ3) is 4.16. The highest BCUT2D eigenvalue weighted by Gasteiger charge is 2.40. The molecule has 7 nitrogen and oxygen atoms in total. The number of rotatable bonds is 6. The van der Waals surface area contributed by atoms with Crippen LogP contribution in [0.15, 0.2) is 60.9 Å². The van der Waals surface area contributed by atoms with Gasteiger partial charge in [-0.25, -0.2) is 5.43 Å². The quantitative estimate of drug-likeness (QED) is 0.772. The molecule has 2 aliphatic heterocycles. The minimum absolute atomic E-state index is 0.0463. The Labute approximate surface area is 176 Å². The largest absolute Gasteiger partial charge is 0.492 e. The van der Waals surface area contributed by atoms with Crippen molar-refractivity contribution in [2.24, 2.45) is 0 Å². The number of carbonyl (C=O) groups excluding carboxylic acids is 2. The first-order valence-corrected chi connectivity index (χ1v) is 10.2. The summed E-state index contributed by atoms with van der Waals surface area (Å²) < 4.78 is 5.54. The van der Waals surface area contributed by atoms with E-state index < -0.39 is 0 Å². The Morgan fingerprint density at radius 2 is 1.93 bits per heavy atom. The average molecular weight is 406 g/mol. The van der Waals surface area contributed by atoms with Gasteiger partial charge >= 0.3 is 0 Å². The van der Waals surface area contributed by atoms with Crippen LogP contribution in [0.2, 0.25) is 0 Å². The summed E-state index contributed by atoms with van der Waals surface area (Å²) in [5.74, 6) is 0.253. The van der Waals surface area contributed by atoms with Gasteiger partial charge in [-0.15, -0.1) is 0 Å². The SMILES string of the molecule is CCOc1ccccc1NC(=O)CN1C=CN2NC(c3ccc(C)cc3)CC2C1=O. The lowest BCUT2D eigenvalue weighted by molar-refractivity contribution is -0.137. The summed E-state index contributed by atoms with van der Waals surface area (Å²) in [5, 5.41) is 4.68. The van der Waals surface area contributed by atoms with Crippen molar-refractivity contribution in [2.45, 2.75) is 32.4 Å². The number of hydrogen-bond acceptors (Lipinski definition) is 5. The highest BCUT2D eigenvalue weighted by atomic mass is 16.5. The van der Waals surface area contributed by atoms with Gasteiger partial charge in [-0.2, -0.15) is 0 Å². The number of fused-ring (bicyclic) bond motifs is 1. The molecular formula is C23H26N4O3. The van der Waals surface area contributed by atoms with E-state index in [0.717, 1.165) is 5.56 Å². The maximum atomic E-state index is 13.0. The lowest BCUT2D eigenvalue weighted by Crippen LogP contribution is -2.49. The first-order valence-electron chi connectivity index (χ1n) is 10.2. The standard InChI is InChI=1S/C23H26N4O3/c1-3-30-21-7-5-4-6-18(21)24-22(28)15-26-12-13-27-20(23(26)29)14-19(25-27)17-10-8-16(2)9-11-17/h4-13,19-20,25H,3,14-15H2,1-2H3,(H,24,28). The van der Waals surface area contributed by atoms with Gasteiger partial charge in [0.1, 0.15) is 18.3 Å². The van der Waals surface area contributed by atoms with E-state index in [1.165, 1.54) is 10.5 Å². The third-order valence-electron chi connectivity index (χ3n) is 5.33. The number of aryl methyl sites for hydroxylation is 1. The highest BCUT2D eigenvalue weighted by molar-refractivity contribution is 5.97. The number of hydrogen-bond donors (Lipinski definition) is 2. The molecule has 0 spiro atoms. The summed E-state index contributed by atoms with van der Waals surface area (Å²) in [6.07, 6.45) is 4.12. The van der Waals surface area contributed by atoms with E-state index in [1.54, 1.807) is 18.3 Å². The first-order chi connectivity index (χ1) is 14.5. The van der Waals surface area contributed by atoms with Crippen LogP contribution in [0.4, 0.5) is 5.69 Å². The summed E-state index contributed by atoms with van der Waals surface area (Å²) >= 11 is 0. The van der Waals surface area contributed by atoms with Crippen LogP contribution < -0.4 is 15.5 Å². The zero-order valence-electron chi connectivity index (χ0n) is 17.2. The van der Waals surface area contributed by atoms with E-state index in [9.17, 15) is 9.59 Å². The predicted octanol–water partition coefficient (Wildman–Crippen LogP) is 2.97. The summed E-state index contributed by atoms with van der Waals surface area (Å²) in [7, 11) is 0. The molecule has 2 amide bonds. The minimum atomic E-state index is -0.329. The summed E-state index contributed by atoms with van der Waals surface area (Å²) in [6, 6.07) is 15.3. The van der Waals surface area contributed by atoms with Gasteiger partial charge in [0.25, 0.3) is 5.91 Å². The fourth-order valence-electron chi connectivity index (χ4n) is 3.78. The van der Waals surface area contributed by atoms with E-state index in [0.29, 0.717) is 24.5 Å². The Kier molecular flexibility index (Phi) is 5.72. The van der Waals surface area contributed by atoms with Crippen LogP contribution in [0.1, 0.15) is 30.5 Å². The average Bonchev–Trinajstić information content (AvgIpc) is 3.17. The number of para-hydroxylation sites is 2. The topological polar surface area (TPSA) is 73.9 Å². The van der Waals surface area contributed by atoms with Crippen molar-refractivity contribution in [1.82, 2.24) is 15.3 Å². The van der Waals surface area contributed by atoms with Crippen LogP contribution in [0.25, 0.3) is 0 Å². The third-order valence-corrected chi connectivity index (χ3v) is 5.33. The monoisotopic (exact) mass is 406 g/mol. The summed E-state index contributed by atoms with van der Waals surface area (Å²) in [4.78, 5) is 27.0. The molecule has 0 saturated carbocycles. The minimum Gasteiger partial charge on any atom is -0.492 e. The van der Waals surface area contributed by atoms with Gasteiger partial charge in [0.05, 0.1) is 18.3 Å². The Hall–Kier alpha value is -3.32. The van der Waals surface area contributed by atoms with E-state index in [-0.39, 0.29) is 30.4 Å². The normalized spacial score (nSPS) is 20.3. The van der Waals surface area contributed by atoms with Crippen molar-refractivity contribution < 1.29 is 14.3 Å². The first kappa shape index (κ1) is 20.0. The van der Waals surface area contributed by atoms with Crippen molar-refractivity contribution in [3.63, 3.8) is 0 Å². The smallest absolute Gasteiger partial charge is 0.251 e. The van der Waals surface area contributed by atoms with Gasteiger partial charge in [0, 0.05) is 12.4 Å². The van der Waals surface area contributed by atoms with Gasteiger partial charge in [-0.3, -0.25) is 9.59 Å². The predicted molar refractivity (Wildman–Crippen MR) is 114 cm³/mol. The second-order valence-electron chi connectivity index (χ2n) is 7.49. The lowest BCUT2D eigenvalue weighted by Gasteiger charge is -2.31. The van der Waals surface area contributed by atoms with E-state index in [2.05, 4.69) is 41.9 Å². The molecule has 0 aromatic heterocycles. The number of anilines is 1. The molecule has 2 atom stereocenters. The summed E-state index contributed by atoms with van der Waals surface area (Å²) in [5.41, 5.74) is 6.32. The number of ether oxygens (including phenoxy) is 1. The maximum Gasteiger partial charge on any atom is 0.251 e. The van der Waals surface area contributed by atoms with Crippen LogP contribution in [-0.4, -0.2) is 40.9 Å². The maximum absolute atomic E-state index is 13.0.